The second kappa shape index (κ2) is 10.6. The molecular weight excluding hydrogens is 434 g/mol. The first-order valence-electron chi connectivity index (χ1n) is 13.0. The Balaban J connectivity index is 1.71. The van der Waals surface area contributed by atoms with Crippen molar-refractivity contribution in [1.29, 1.82) is 0 Å². The van der Waals surface area contributed by atoms with Crippen molar-refractivity contribution in [3.8, 4) is 0 Å². The summed E-state index contributed by atoms with van der Waals surface area (Å²) in [6, 6.07) is -0.781. The van der Waals surface area contributed by atoms with Crippen molar-refractivity contribution in [2.75, 3.05) is 39.3 Å². The van der Waals surface area contributed by atoms with Gasteiger partial charge in [-0.1, -0.05) is 51.0 Å². The summed E-state index contributed by atoms with van der Waals surface area (Å²) in [6.07, 6.45) is 12.2. The van der Waals surface area contributed by atoms with Crippen LogP contribution in [0.25, 0.3) is 0 Å². The monoisotopic (exact) mass is 473 g/mol. The van der Waals surface area contributed by atoms with E-state index in [0.717, 1.165) is 25.7 Å². The molecule has 0 radical (unpaired) electrons. The Morgan fingerprint density at radius 3 is 2.38 bits per heavy atom. The van der Waals surface area contributed by atoms with Gasteiger partial charge in [0, 0.05) is 39.3 Å². The van der Waals surface area contributed by atoms with Crippen LogP contribution in [0.4, 0.5) is 0 Å². The molecule has 188 valence electrons. The minimum absolute atomic E-state index is 0.0364. The Morgan fingerprint density at radius 2 is 1.65 bits per heavy atom. The maximum Gasteiger partial charge on any atom is 0.249 e. The summed E-state index contributed by atoms with van der Waals surface area (Å²) in [6.45, 7) is 6.84. The predicted octanol–water partition coefficient (Wildman–Crippen LogP) is 1.74. The molecule has 8 nitrogen and oxygen atoms in total. The number of hydrogen-bond acceptors (Lipinski definition) is 5. The third-order valence-corrected chi connectivity index (χ3v) is 7.66. The van der Waals surface area contributed by atoms with Crippen molar-refractivity contribution < 1.29 is 24.2 Å². The van der Waals surface area contributed by atoms with Crippen LogP contribution in [-0.4, -0.2) is 94.6 Å². The van der Waals surface area contributed by atoms with Crippen LogP contribution in [0, 0.1) is 11.8 Å². The Labute approximate surface area is 202 Å². The summed E-state index contributed by atoms with van der Waals surface area (Å²) >= 11 is 0. The van der Waals surface area contributed by atoms with Crippen molar-refractivity contribution in [3.05, 3.63) is 24.3 Å². The van der Waals surface area contributed by atoms with Crippen LogP contribution in [-0.2, 0) is 19.1 Å². The molecule has 1 unspecified atom stereocenters. The molecule has 4 rings (SSSR count). The van der Waals surface area contributed by atoms with E-state index in [9.17, 15) is 19.5 Å². The first-order chi connectivity index (χ1) is 16.5. The van der Waals surface area contributed by atoms with E-state index in [2.05, 4.69) is 6.92 Å². The van der Waals surface area contributed by atoms with Crippen LogP contribution in [0.2, 0.25) is 0 Å². The molecule has 0 aromatic carbocycles. The highest BCUT2D eigenvalue weighted by Crippen LogP contribution is 2.53. The number of ether oxygens (including phenoxy) is 1. The fraction of sp³-hybridized carbons (Fsp3) is 0.731. The third kappa shape index (κ3) is 4.19. The van der Waals surface area contributed by atoms with Gasteiger partial charge in [-0.05, 0) is 25.7 Å². The minimum Gasteiger partial charge on any atom is -0.396 e. The Morgan fingerprint density at radius 1 is 0.912 bits per heavy atom. The number of hydrogen-bond donors (Lipinski definition) is 1. The van der Waals surface area contributed by atoms with Gasteiger partial charge in [0.25, 0.3) is 0 Å². The number of rotatable bonds is 10. The van der Waals surface area contributed by atoms with Crippen molar-refractivity contribution in [3.63, 3.8) is 0 Å². The summed E-state index contributed by atoms with van der Waals surface area (Å²) in [4.78, 5) is 46.8. The molecule has 1 spiro atoms. The maximum absolute atomic E-state index is 13.9. The Bertz CT molecular complexity index is 842. The molecule has 0 bridgehead atoms. The van der Waals surface area contributed by atoms with E-state index in [1.54, 1.807) is 9.80 Å². The van der Waals surface area contributed by atoms with Crippen LogP contribution >= 0.6 is 0 Å². The number of nitrogens with zero attached hydrogens (tertiary/aromatic N) is 3. The largest absolute Gasteiger partial charge is 0.396 e. The van der Waals surface area contributed by atoms with Crippen LogP contribution in [0.5, 0.6) is 0 Å². The lowest BCUT2D eigenvalue weighted by atomic mass is 9.77. The lowest BCUT2D eigenvalue weighted by Crippen LogP contribution is -2.55. The van der Waals surface area contributed by atoms with Crippen LogP contribution < -0.4 is 0 Å². The van der Waals surface area contributed by atoms with E-state index in [1.165, 1.54) is 0 Å². The van der Waals surface area contributed by atoms with Gasteiger partial charge < -0.3 is 24.5 Å². The van der Waals surface area contributed by atoms with Crippen LogP contribution in [0.1, 0.15) is 52.4 Å². The second-order valence-electron chi connectivity index (χ2n) is 9.91. The molecule has 3 amide bonds. The van der Waals surface area contributed by atoms with E-state index in [0.29, 0.717) is 45.6 Å². The summed E-state index contributed by atoms with van der Waals surface area (Å²) in [5, 5.41) is 9.29. The van der Waals surface area contributed by atoms with Crippen molar-refractivity contribution in [2.45, 2.75) is 70.1 Å². The zero-order valence-corrected chi connectivity index (χ0v) is 20.5. The van der Waals surface area contributed by atoms with E-state index >= 15 is 0 Å². The molecule has 4 aliphatic heterocycles. The van der Waals surface area contributed by atoms with E-state index in [1.807, 2.05) is 36.1 Å². The summed E-state index contributed by atoms with van der Waals surface area (Å²) in [7, 11) is 0. The average molecular weight is 474 g/mol. The van der Waals surface area contributed by atoms with Crippen molar-refractivity contribution in [1.82, 2.24) is 14.7 Å². The number of aliphatic hydroxyl groups excluding tert-OH is 1. The molecule has 5 atom stereocenters. The zero-order chi connectivity index (χ0) is 24.3. The van der Waals surface area contributed by atoms with Gasteiger partial charge in [0.2, 0.25) is 17.7 Å². The SMILES string of the molecule is CCCCCN1CC=C[C@]23O[C@@H]4C=CCN(CCC)C(=O)[C@@H]4[C@H]2C(=O)N(CCCCO)C3C1=O. The number of aliphatic hydroxyl groups is 1. The fourth-order valence-electron chi connectivity index (χ4n) is 6.09. The van der Waals surface area contributed by atoms with Crippen LogP contribution in [0.3, 0.4) is 0 Å². The second-order valence-corrected chi connectivity index (χ2v) is 9.91. The van der Waals surface area contributed by atoms with Gasteiger partial charge in [-0.2, -0.15) is 0 Å². The topological polar surface area (TPSA) is 90.4 Å². The van der Waals surface area contributed by atoms with Gasteiger partial charge in [0.1, 0.15) is 11.6 Å². The van der Waals surface area contributed by atoms with E-state index < -0.39 is 29.6 Å². The van der Waals surface area contributed by atoms with Crippen LogP contribution in [0.15, 0.2) is 24.3 Å². The number of likely N-dealkylation sites (tertiary alicyclic amines) is 1. The molecule has 0 aliphatic carbocycles. The van der Waals surface area contributed by atoms with Gasteiger partial charge in [-0.15, -0.1) is 0 Å². The summed E-state index contributed by atoms with van der Waals surface area (Å²) < 4.78 is 6.61. The molecular formula is C26H39N3O5. The zero-order valence-electron chi connectivity index (χ0n) is 20.5. The lowest BCUT2D eigenvalue weighted by Gasteiger charge is -2.35. The molecule has 8 heteroatoms. The van der Waals surface area contributed by atoms with E-state index in [-0.39, 0.29) is 24.3 Å². The highest BCUT2D eigenvalue weighted by Gasteiger charge is 2.71. The third-order valence-electron chi connectivity index (χ3n) is 7.66. The van der Waals surface area contributed by atoms with Crippen molar-refractivity contribution >= 4 is 17.7 Å². The number of fused-ring (bicyclic) bond motifs is 2. The first kappa shape index (κ1) is 24.9. The normalized spacial score (nSPS) is 32.7. The van der Waals surface area contributed by atoms with E-state index in [4.69, 9.17) is 4.74 Å². The highest BCUT2D eigenvalue weighted by molar-refractivity contribution is 5.99. The quantitative estimate of drug-likeness (QED) is 0.386. The number of carbonyl (C=O) groups is 3. The smallest absolute Gasteiger partial charge is 0.249 e. The Kier molecular flexibility index (Phi) is 7.77. The molecule has 0 saturated carbocycles. The fourth-order valence-corrected chi connectivity index (χ4v) is 6.09. The highest BCUT2D eigenvalue weighted by atomic mass is 16.5. The number of unbranched alkanes of at least 4 members (excludes halogenated alkanes) is 3. The first-order valence-corrected chi connectivity index (χ1v) is 13.0. The predicted molar refractivity (Wildman–Crippen MR) is 128 cm³/mol. The van der Waals surface area contributed by atoms with Gasteiger partial charge in [0.05, 0.1) is 17.9 Å². The lowest BCUT2D eigenvalue weighted by molar-refractivity contribution is -0.148. The summed E-state index contributed by atoms with van der Waals surface area (Å²) in [5.74, 6) is -1.69. The molecule has 0 aromatic rings. The Hall–Kier alpha value is -2.19. The molecule has 34 heavy (non-hydrogen) atoms. The molecule has 1 N–H and O–H groups in total. The molecule has 2 saturated heterocycles. The van der Waals surface area contributed by atoms with Gasteiger partial charge in [0.15, 0.2) is 0 Å². The minimum atomic E-state index is -1.14. The molecule has 4 aliphatic rings. The van der Waals surface area contributed by atoms with Crippen molar-refractivity contribution in [2.24, 2.45) is 11.8 Å². The standard InChI is InChI=1S/C26H39N3O5/c1-3-5-6-14-28-16-10-12-26-21(24(32)29(17-7-8-18-30)22(26)25(28)33)20-19(34-26)11-9-15-27(13-4-2)23(20)31/h9-12,19-22,30H,3-8,13-18H2,1-2H3/t19-,20+,21+,22?,26+/m1/s1. The van der Waals surface area contributed by atoms with Gasteiger partial charge in [-0.25, -0.2) is 0 Å². The van der Waals surface area contributed by atoms with Gasteiger partial charge >= 0.3 is 0 Å². The summed E-state index contributed by atoms with van der Waals surface area (Å²) in [5.41, 5.74) is -1.14. The average Bonchev–Trinajstić information content (AvgIpc) is 3.14. The number of amides is 3. The maximum atomic E-state index is 13.9. The molecule has 4 heterocycles. The number of carbonyl (C=O) groups excluding carboxylic acids is 3. The molecule has 0 aromatic heterocycles. The molecule has 2 fully saturated rings. The van der Waals surface area contributed by atoms with Gasteiger partial charge in [-0.3, -0.25) is 14.4 Å².